The molecule has 6 heteroatoms. The predicted octanol–water partition coefficient (Wildman–Crippen LogP) is 5.29. The lowest BCUT2D eigenvalue weighted by molar-refractivity contribution is 0.0793. The van der Waals surface area contributed by atoms with Gasteiger partial charge in [0.2, 0.25) is 0 Å². The van der Waals surface area contributed by atoms with Crippen molar-refractivity contribution in [3.05, 3.63) is 77.6 Å². The van der Waals surface area contributed by atoms with Crippen molar-refractivity contribution in [2.45, 2.75) is 29.6 Å². The molecule has 0 aliphatic carbocycles. The summed E-state index contributed by atoms with van der Waals surface area (Å²) in [7, 11) is 1.83. The molecule has 2 aromatic carbocycles. The molecule has 1 amide bonds. The van der Waals surface area contributed by atoms with Crippen LogP contribution in [0.15, 0.2) is 75.6 Å². The van der Waals surface area contributed by atoms with Gasteiger partial charge < -0.3 is 10.0 Å². The number of amides is 1. The summed E-state index contributed by atoms with van der Waals surface area (Å²) in [4.78, 5) is 25.8. The molecule has 0 atom stereocenters. The lowest BCUT2D eigenvalue weighted by Crippen LogP contribution is -2.27. The fourth-order valence-corrected chi connectivity index (χ4v) is 4.35. The Labute approximate surface area is 180 Å². The highest BCUT2D eigenvalue weighted by atomic mass is 32.2. The molecule has 3 aromatic rings. The van der Waals surface area contributed by atoms with Crippen LogP contribution in [0.1, 0.15) is 41.4 Å². The van der Waals surface area contributed by atoms with Gasteiger partial charge in [0.1, 0.15) is 17.2 Å². The highest BCUT2D eigenvalue weighted by Gasteiger charge is 2.22. The number of carbonyl (C=O) groups is 1. The highest BCUT2D eigenvalue weighted by molar-refractivity contribution is 7.99. The van der Waals surface area contributed by atoms with Crippen LogP contribution in [-0.4, -0.2) is 40.2 Å². The van der Waals surface area contributed by atoms with Gasteiger partial charge >= 0.3 is 0 Å². The number of nitrogens with zero attached hydrogens (tertiary/aromatic N) is 3. The molecule has 1 aliphatic heterocycles. The minimum absolute atomic E-state index is 0.0181. The van der Waals surface area contributed by atoms with Crippen molar-refractivity contribution in [3.8, 4) is 5.75 Å². The van der Waals surface area contributed by atoms with Crippen molar-refractivity contribution >= 4 is 29.1 Å². The van der Waals surface area contributed by atoms with Crippen molar-refractivity contribution in [1.82, 2.24) is 9.88 Å². The second-order valence-electron chi connectivity index (χ2n) is 7.19. The predicted molar refractivity (Wildman–Crippen MR) is 120 cm³/mol. The zero-order valence-corrected chi connectivity index (χ0v) is 17.8. The van der Waals surface area contributed by atoms with Gasteiger partial charge in [-0.05, 0) is 42.8 Å². The Hall–Kier alpha value is -3.12. The molecule has 0 bridgehead atoms. The van der Waals surface area contributed by atoms with Crippen LogP contribution in [0, 0.1) is 0 Å². The molecule has 5 nitrogen and oxygen atoms in total. The first kappa shape index (κ1) is 20.2. The highest BCUT2D eigenvalue weighted by Crippen LogP contribution is 2.42. The molecule has 4 rings (SSSR count). The van der Waals surface area contributed by atoms with Gasteiger partial charge in [-0.1, -0.05) is 43.3 Å². The van der Waals surface area contributed by atoms with Gasteiger partial charge in [-0.3, -0.25) is 9.78 Å². The molecule has 0 saturated heterocycles. The molecule has 1 aliphatic rings. The summed E-state index contributed by atoms with van der Waals surface area (Å²) in [6.45, 7) is 2.84. The molecular formula is C24H23N3O2S. The number of hydrogen-bond donors (Lipinski definition) is 1. The maximum Gasteiger partial charge on any atom is 0.253 e. The Kier molecular flexibility index (Phi) is 5.86. The minimum atomic E-state index is -0.0181. The standard InChI is InChI=1S/C24H23N3O2S/c1-3-4-14-27(2)24(29)16-11-12-21-18(15-16)26-22(23-19(28)9-7-13-25-23)17-8-5-6-10-20(17)30-21/h5-13,15,28H,3-4,14H2,1-2H3. The molecule has 0 spiro atoms. The topological polar surface area (TPSA) is 65.8 Å². The van der Waals surface area contributed by atoms with Crippen LogP contribution in [-0.2, 0) is 0 Å². The fourth-order valence-electron chi connectivity index (χ4n) is 3.35. The van der Waals surface area contributed by atoms with E-state index >= 15 is 0 Å². The Morgan fingerprint density at radius 3 is 2.73 bits per heavy atom. The monoisotopic (exact) mass is 417 g/mol. The van der Waals surface area contributed by atoms with Gasteiger partial charge in [-0.25, -0.2) is 4.99 Å². The number of pyridine rings is 1. The van der Waals surface area contributed by atoms with E-state index in [0.717, 1.165) is 34.7 Å². The van der Waals surface area contributed by atoms with Gasteiger partial charge in [-0.2, -0.15) is 0 Å². The third-order valence-corrected chi connectivity index (χ3v) is 6.15. The second kappa shape index (κ2) is 8.71. The summed E-state index contributed by atoms with van der Waals surface area (Å²) >= 11 is 1.60. The first-order chi connectivity index (χ1) is 14.6. The molecule has 0 fully saturated rings. The van der Waals surface area contributed by atoms with E-state index in [0.29, 0.717) is 22.7 Å². The SMILES string of the molecule is CCCCN(C)C(=O)c1ccc2c(c1)N=C(c1ncccc1O)c1ccccc1S2. The van der Waals surface area contributed by atoms with Gasteiger partial charge in [0.05, 0.1) is 5.69 Å². The van der Waals surface area contributed by atoms with Gasteiger partial charge in [0, 0.05) is 40.7 Å². The first-order valence-corrected chi connectivity index (χ1v) is 10.8. The van der Waals surface area contributed by atoms with Crippen molar-refractivity contribution < 1.29 is 9.90 Å². The zero-order chi connectivity index (χ0) is 21.1. The molecule has 1 N–H and O–H groups in total. The number of carbonyl (C=O) groups excluding carboxylic acids is 1. The molecule has 2 heterocycles. The number of benzene rings is 2. The van der Waals surface area contributed by atoms with Crippen LogP contribution in [0.25, 0.3) is 0 Å². The van der Waals surface area contributed by atoms with E-state index in [1.54, 1.807) is 35.0 Å². The third kappa shape index (κ3) is 3.96. The summed E-state index contributed by atoms with van der Waals surface area (Å²) in [5, 5.41) is 10.4. The van der Waals surface area contributed by atoms with Gasteiger partial charge in [0.25, 0.3) is 5.91 Å². The van der Waals surface area contributed by atoms with Crippen LogP contribution in [0.3, 0.4) is 0 Å². The van der Waals surface area contributed by atoms with Crippen molar-refractivity contribution in [1.29, 1.82) is 0 Å². The average Bonchev–Trinajstić information content (AvgIpc) is 2.93. The van der Waals surface area contributed by atoms with E-state index in [1.807, 2.05) is 49.5 Å². The first-order valence-electron chi connectivity index (χ1n) is 9.98. The lowest BCUT2D eigenvalue weighted by atomic mass is 10.1. The number of rotatable bonds is 5. The van der Waals surface area contributed by atoms with Crippen LogP contribution < -0.4 is 0 Å². The molecule has 0 unspecified atom stereocenters. The van der Waals surface area contributed by atoms with E-state index in [4.69, 9.17) is 4.99 Å². The Balaban J connectivity index is 1.82. The zero-order valence-electron chi connectivity index (χ0n) is 17.0. The largest absolute Gasteiger partial charge is 0.506 e. The summed E-state index contributed by atoms with van der Waals surface area (Å²) in [5.41, 5.74) is 3.23. The molecule has 0 saturated carbocycles. The van der Waals surface area contributed by atoms with E-state index in [9.17, 15) is 9.90 Å². The molecule has 0 radical (unpaired) electrons. The average molecular weight is 418 g/mol. The quantitative estimate of drug-likeness (QED) is 0.479. The summed E-state index contributed by atoms with van der Waals surface area (Å²) in [5.74, 6) is 0.0569. The van der Waals surface area contributed by atoms with E-state index in [2.05, 4.69) is 11.9 Å². The Morgan fingerprint density at radius 1 is 1.10 bits per heavy atom. The smallest absolute Gasteiger partial charge is 0.253 e. The lowest BCUT2D eigenvalue weighted by Gasteiger charge is -2.17. The third-order valence-electron chi connectivity index (χ3n) is 5.00. The molecule has 30 heavy (non-hydrogen) atoms. The molecule has 152 valence electrons. The maximum absolute atomic E-state index is 12.9. The Morgan fingerprint density at radius 2 is 1.93 bits per heavy atom. The van der Waals surface area contributed by atoms with Crippen LogP contribution >= 0.6 is 11.8 Å². The Bertz CT molecular complexity index is 1130. The number of hydrogen-bond acceptors (Lipinski definition) is 5. The number of aromatic hydroxyl groups is 1. The van der Waals surface area contributed by atoms with E-state index < -0.39 is 0 Å². The van der Waals surface area contributed by atoms with Gasteiger partial charge in [-0.15, -0.1) is 0 Å². The van der Waals surface area contributed by atoms with Crippen LogP contribution in [0.4, 0.5) is 5.69 Å². The summed E-state index contributed by atoms with van der Waals surface area (Å²) < 4.78 is 0. The summed E-state index contributed by atoms with van der Waals surface area (Å²) in [6, 6.07) is 16.9. The second-order valence-corrected chi connectivity index (χ2v) is 8.28. The van der Waals surface area contributed by atoms with Crippen molar-refractivity contribution in [3.63, 3.8) is 0 Å². The molecule has 1 aromatic heterocycles. The number of unbranched alkanes of at least 4 members (excludes halogenated alkanes) is 1. The maximum atomic E-state index is 12.9. The minimum Gasteiger partial charge on any atom is -0.506 e. The molecular weight excluding hydrogens is 394 g/mol. The number of aromatic nitrogens is 1. The summed E-state index contributed by atoms with van der Waals surface area (Å²) in [6.07, 6.45) is 3.65. The van der Waals surface area contributed by atoms with Crippen LogP contribution in [0.5, 0.6) is 5.75 Å². The van der Waals surface area contributed by atoms with Crippen molar-refractivity contribution in [2.75, 3.05) is 13.6 Å². The van der Waals surface area contributed by atoms with Crippen molar-refractivity contribution in [2.24, 2.45) is 4.99 Å². The number of aliphatic imine (C=N–C) groups is 1. The number of fused-ring (bicyclic) bond motifs is 2. The van der Waals surface area contributed by atoms with E-state index in [1.165, 1.54) is 0 Å². The van der Waals surface area contributed by atoms with Gasteiger partial charge in [0.15, 0.2) is 0 Å². The normalized spacial score (nSPS) is 12.4. The van der Waals surface area contributed by atoms with Crippen LogP contribution in [0.2, 0.25) is 0 Å². The van der Waals surface area contributed by atoms with E-state index in [-0.39, 0.29) is 11.7 Å². The fraction of sp³-hybridized carbons (Fsp3) is 0.208.